The molecule has 0 unspecified atom stereocenters. The van der Waals surface area contributed by atoms with E-state index in [0.717, 1.165) is 43.8 Å². The van der Waals surface area contributed by atoms with E-state index in [2.05, 4.69) is 41.4 Å². The van der Waals surface area contributed by atoms with Gasteiger partial charge in [0.1, 0.15) is 0 Å². The molecule has 2 fully saturated rings. The Balaban J connectivity index is 1.46. The van der Waals surface area contributed by atoms with Gasteiger partial charge in [-0.1, -0.05) is 19.1 Å². The summed E-state index contributed by atoms with van der Waals surface area (Å²) in [5.41, 5.74) is 2.54. The number of likely N-dealkylation sites (tertiary alicyclic amines) is 1. The summed E-state index contributed by atoms with van der Waals surface area (Å²) in [5, 5.41) is 12.6. The maximum Gasteiger partial charge on any atom is 0.306 e. The van der Waals surface area contributed by atoms with Crippen LogP contribution in [0.1, 0.15) is 51.0 Å². The molecular weight excluding hydrogens is 300 g/mol. The van der Waals surface area contributed by atoms with Gasteiger partial charge in [0.25, 0.3) is 0 Å². The number of rotatable bonds is 5. The van der Waals surface area contributed by atoms with Crippen molar-refractivity contribution < 1.29 is 9.90 Å². The van der Waals surface area contributed by atoms with Crippen molar-refractivity contribution in [2.45, 2.75) is 58.0 Å². The van der Waals surface area contributed by atoms with Crippen molar-refractivity contribution >= 4 is 11.7 Å². The minimum Gasteiger partial charge on any atom is -0.481 e. The van der Waals surface area contributed by atoms with E-state index in [1.165, 1.54) is 31.5 Å². The molecule has 0 spiro atoms. The number of benzene rings is 1. The molecule has 0 radical (unpaired) electrons. The molecule has 0 atom stereocenters. The summed E-state index contributed by atoms with van der Waals surface area (Å²) in [5.74, 6) is 0.103. The molecule has 1 saturated carbocycles. The molecule has 2 N–H and O–H groups in total. The second-order valence-electron chi connectivity index (χ2n) is 7.69. The average molecular weight is 330 g/mol. The first kappa shape index (κ1) is 17.3. The molecule has 1 aromatic carbocycles. The van der Waals surface area contributed by atoms with Crippen LogP contribution in [0.4, 0.5) is 5.69 Å². The number of nitrogens with one attached hydrogen (secondary N) is 1. The van der Waals surface area contributed by atoms with Gasteiger partial charge < -0.3 is 10.4 Å². The smallest absolute Gasteiger partial charge is 0.306 e. The molecule has 4 nitrogen and oxygen atoms in total. The van der Waals surface area contributed by atoms with Gasteiger partial charge in [0.05, 0.1) is 5.92 Å². The SMILES string of the molecule is CC1CCN(Cc2ccc(NC3CCC(C(=O)O)CC3)cc2)CC1. The Morgan fingerprint density at radius 3 is 2.29 bits per heavy atom. The van der Waals surface area contributed by atoms with E-state index in [9.17, 15) is 4.79 Å². The highest BCUT2D eigenvalue weighted by atomic mass is 16.4. The first-order chi connectivity index (χ1) is 11.6. The van der Waals surface area contributed by atoms with E-state index >= 15 is 0 Å². The van der Waals surface area contributed by atoms with Gasteiger partial charge in [0.15, 0.2) is 0 Å². The Bertz CT molecular complexity index is 527. The molecule has 132 valence electrons. The van der Waals surface area contributed by atoms with E-state index in [1.807, 2.05) is 0 Å². The molecule has 1 aliphatic carbocycles. The van der Waals surface area contributed by atoms with Crippen LogP contribution in [0.15, 0.2) is 24.3 Å². The number of anilines is 1. The van der Waals surface area contributed by atoms with E-state index in [-0.39, 0.29) is 5.92 Å². The minimum absolute atomic E-state index is 0.141. The van der Waals surface area contributed by atoms with Crippen molar-refractivity contribution in [3.63, 3.8) is 0 Å². The molecule has 0 bridgehead atoms. The van der Waals surface area contributed by atoms with Gasteiger partial charge in [-0.25, -0.2) is 0 Å². The Morgan fingerprint density at radius 1 is 1.08 bits per heavy atom. The van der Waals surface area contributed by atoms with Crippen LogP contribution in [0.5, 0.6) is 0 Å². The van der Waals surface area contributed by atoms with Crippen LogP contribution in [-0.2, 0) is 11.3 Å². The number of piperidine rings is 1. The number of nitrogens with zero attached hydrogens (tertiary/aromatic N) is 1. The average Bonchev–Trinajstić information content (AvgIpc) is 2.59. The van der Waals surface area contributed by atoms with Crippen LogP contribution in [0, 0.1) is 11.8 Å². The van der Waals surface area contributed by atoms with E-state index in [1.54, 1.807) is 0 Å². The van der Waals surface area contributed by atoms with Crippen LogP contribution in [-0.4, -0.2) is 35.1 Å². The lowest BCUT2D eigenvalue weighted by molar-refractivity contribution is -0.142. The lowest BCUT2D eigenvalue weighted by Gasteiger charge is -2.30. The number of aliphatic carboxylic acids is 1. The van der Waals surface area contributed by atoms with Gasteiger partial charge in [0.2, 0.25) is 0 Å². The number of hydrogen-bond acceptors (Lipinski definition) is 3. The monoisotopic (exact) mass is 330 g/mol. The van der Waals surface area contributed by atoms with Gasteiger partial charge in [-0.3, -0.25) is 9.69 Å². The topological polar surface area (TPSA) is 52.6 Å². The lowest BCUT2D eigenvalue weighted by atomic mass is 9.86. The Morgan fingerprint density at radius 2 is 1.71 bits per heavy atom. The predicted octanol–water partition coefficient (Wildman–Crippen LogP) is 3.97. The fourth-order valence-corrected chi connectivity index (χ4v) is 3.91. The standard InChI is InChI=1S/C20H30N2O2/c1-15-10-12-22(13-11-15)14-16-2-6-18(7-3-16)21-19-8-4-17(5-9-19)20(23)24/h2-3,6-7,15,17,19,21H,4-5,8-14H2,1H3,(H,23,24). The second kappa shape index (κ2) is 8.02. The van der Waals surface area contributed by atoms with Crippen molar-refractivity contribution in [2.24, 2.45) is 11.8 Å². The van der Waals surface area contributed by atoms with Crippen LogP contribution >= 0.6 is 0 Å². The summed E-state index contributed by atoms with van der Waals surface area (Å²) in [6.45, 7) is 5.83. The Kier molecular flexibility index (Phi) is 5.77. The maximum absolute atomic E-state index is 11.0. The zero-order valence-corrected chi connectivity index (χ0v) is 14.7. The quantitative estimate of drug-likeness (QED) is 0.857. The number of carbonyl (C=O) groups is 1. The summed E-state index contributed by atoms with van der Waals surface area (Å²) >= 11 is 0. The maximum atomic E-state index is 11.0. The van der Waals surface area contributed by atoms with Gasteiger partial charge in [-0.05, 0) is 75.2 Å². The van der Waals surface area contributed by atoms with Crippen molar-refractivity contribution in [1.82, 2.24) is 4.90 Å². The van der Waals surface area contributed by atoms with Crippen molar-refractivity contribution in [3.8, 4) is 0 Å². The van der Waals surface area contributed by atoms with E-state index < -0.39 is 5.97 Å². The molecule has 1 aliphatic heterocycles. The van der Waals surface area contributed by atoms with Crippen LogP contribution in [0.2, 0.25) is 0 Å². The lowest BCUT2D eigenvalue weighted by Crippen LogP contribution is -2.32. The molecule has 24 heavy (non-hydrogen) atoms. The third kappa shape index (κ3) is 4.73. The van der Waals surface area contributed by atoms with Crippen molar-refractivity contribution in [3.05, 3.63) is 29.8 Å². The molecular formula is C20H30N2O2. The highest BCUT2D eigenvalue weighted by Crippen LogP contribution is 2.27. The first-order valence-corrected chi connectivity index (χ1v) is 9.41. The molecule has 1 saturated heterocycles. The van der Waals surface area contributed by atoms with Gasteiger partial charge in [0, 0.05) is 18.3 Å². The largest absolute Gasteiger partial charge is 0.481 e. The van der Waals surface area contributed by atoms with Gasteiger partial charge >= 0.3 is 5.97 Å². The number of hydrogen-bond donors (Lipinski definition) is 2. The Hall–Kier alpha value is -1.55. The molecule has 1 aromatic rings. The van der Waals surface area contributed by atoms with Gasteiger partial charge in [-0.2, -0.15) is 0 Å². The zero-order chi connectivity index (χ0) is 16.9. The second-order valence-corrected chi connectivity index (χ2v) is 7.69. The molecule has 3 rings (SSSR count). The molecule has 0 aromatic heterocycles. The zero-order valence-electron chi connectivity index (χ0n) is 14.7. The Labute approximate surface area is 145 Å². The number of carboxylic acid groups (broad SMARTS) is 1. The van der Waals surface area contributed by atoms with E-state index in [0.29, 0.717) is 6.04 Å². The third-order valence-corrected chi connectivity index (χ3v) is 5.68. The fraction of sp³-hybridized carbons (Fsp3) is 0.650. The fourth-order valence-electron chi connectivity index (χ4n) is 3.91. The van der Waals surface area contributed by atoms with E-state index in [4.69, 9.17) is 5.11 Å². The molecule has 2 aliphatic rings. The summed E-state index contributed by atoms with van der Waals surface area (Å²) < 4.78 is 0. The molecule has 1 heterocycles. The van der Waals surface area contributed by atoms with Gasteiger partial charge in [-0.15, -0.1) is 0 Å². The van der Waals surface area contributed by atoms with Crippen LogP contribution in [0.3, 0.4) is 0 Å². The summed E-state index contributed by atoms with van der Waals surface area (Å²) in [6, 6.07) is 9.21. The first-order valence-electron chi connectivity index (χ1n) is 9.41. The van der Waals surface area contributed by atoms with Crippen molar-refractivity contribution in [2.75, 3.05) is 18.4 Å². The van der Waals surface area contributed by atoms with Crippen LogP contribution < -0.4 is 5.32 Å². The number of carboxylic acids is 1. The van der Waals surface area contributed by atoms with Crippen molar-refractivity contribution in [1.29, 1.82) is 0 Å². The third-order valence-electron chi connectivity index (χ3n) is 5.68. The summed E-state index contributed by atoms with van der Waals surface area (Å²) in [7, 11) is 0. The molecule has 0 amide bonds. The normalized spacial score (nSPS) is 26.2. The molecule has 4 heteroatoms. The predicted molar refractivity (Wildman–Crippen MR) is 97.1 cm³/mol. The highest BCUT2D eigenvalue weighted by molar-refractivity contribution is 5.70. The summed E-state index contributed by atoms with van der Waals surface area (Å²) in [4.78, 5) is 13.6. The highest BCUT2D eigenvalue weighted by Gasteiger charge is 2.25. The minimum atomic E-state index is -0.634. The summed E-state index contributed by atoms with van der Waals surface area (Å²) in [6.07, 6.45) is 6.11. The van der Waals surface area contributed by atoms with Crippen LogP contribution in [0.25, 0.3) is 0 Å².